The van der Waals surface area contributed by atoms with Crippen LogP contribution in [-0.2, 0) is 14.9 Å². The van der Waals surface area contributed by atoms with Crippen LogP contribution in [-0.4, -0.2) is 19.0 Å². The highest BCUT2D eigenvalue weighted by molar-refractivity contribution is 5.59. The van der Waals surface area contributed by atoms with E-state index >= 15 is 0 Å². The molecule has 128 valence electrons. The van der Waals surface area contributed by atoms with Gasteiger partial charge in [0.05, 0.1) is 18.6 Å². The lowest BCUT2D eigenvalue weighted by Crippen LogP contribution is -2.49. The Balaban J connectivity index is 1.57. The van der Waals surface area contributed by atoms with Crippen molar-refractivity contribution in [3.63, 3.8) is 0 Å². The molecule has 0 radical (unpaired) electrons. The summed E-state index contributed by atoms with van der Waals surface area (Å²) in [6.45, 7) is 0.631. The van der Waals surface area contributed by atoms with E-state index < -0.39 is 0 Å². The fourth-order valence-electron chi connectivity index (χ4n) is 4.41. The molecule has 0 unspecified atom stereocenters. The highest BCUT2D eigenvalue weighted by Gasteiger charge is 2.53. The Morgan fingerprint density at radius 3 is 2.24 bits per heavy atom. The molecule has 0 spiro atoms. The third-order valence-corrected chi connectivity index (χ3v) is 5.94. The van der Waals surface area contributed by atoms with Crippen molar-refractivity contribution >= 4 is 12.4 Å². The van der Waals surface area contributed by atoms with Gasteiger partial charge in [-0.05, 0) is 24.0 Å². The van der Waals surface area contributed by atoms with Crippen LogP contribution in [0.3, 0.4) is 0 Å². The summed E-state index contributed by atoms with van der Waals surface area (Å²) in [5.74, 6) is 0.0874. The van der Waals surface area contributed by atoms with Crippen LogP contribution in [0.15, 0.2) is 66.7 Å². The number of hydrogen-bond donors (Lipinski definition) is 0. The molecule has 0 amide bonds. The zero-order valence-corrected chi connectivity index (χ0v) is 14.4. The predicted molar refractivity (Wildman–Crippen MR) is 100 cm³/mol. The molecule has 3 atom stereocenters. The van der Waals surface area contributed by atoms with Crippen molar-refractivity contribution in [2.75, 3.05) is 6.61 Å². The van der Waals surface area contributed by atoms with Gasteiger partial charge in [-0.15, -0.1) is 0 Å². The molecule has 2 aliphatic rings. The minimum Gasteiger partial charge on any atom is -0.376 e. The van der Waals surface area contributed by atoms with Gasteiger partial charge in [0.2, 0.25) is 0 Å². The molecule has 25 heavy (non-hydrogen) atoms. The molecule has 1 heterocycles. The topological polar surface area (TPSA) is 26.3 Å². The lowest BCUT2D eigenvalue weighted by Gasteiger charge is -2.47. The highest BCUT2D eigenvalue weighted by Crippen LogP contribution is 2.52. The monoisotopic (exact) mass is 332 g/mol. The Hall–Kier alpha value is -2.19. The van der Waals surface area contributed by atoms with Crippen molar-refractivity contribution in [3.8, 4) is 0 Å². The zero-order chi connectivity index (χ0) is 17.1. The Bertz CT molecular complexity index is 731. The first-order valence-electron chi connectivity index (χ1n) is 9.19. The van der Waals surface area contributed by atoms with Crippen LogP contribution in [0.2, 0.25) is 0 Å². The second-order valence-electron chi connectivity index (χ2n) is 7.28. The standard InChI is InChI=1S/C23H24O2/c24-16-21-19(13-12-18-8-3-1-4-9-18)17-25-22(21)23(14-7-15-23)20-10-5-2-6-11-20/h1-6,8-13,16,19,21-22H,7,14-15,17H2/b13-12+/t19-,21-,22-/m0/s1. The number of hydrogen-bond acceptors (Lipinski definition) is 2. The number of carbonyl (C=O) groups excluding carboxylic acids is 1. The van der Waals surface area contributed by atoms with Crippen molar-refractivity contribution in [3.05, 3.63) is 77.9 Å². The predicted octanol–water partition coefficient (Wildman–Crippen LogP) is 4.65. The first-order chi connectivity index (χ1) is 12.3. The molecular weight excluding hydrogens is 308 g/mol. The summed E-state index contributed by atoms with van der Waals surface area (Å²) in [6.07, 6.45) is 8.83. The van der Waals surface area contributed by atoms with Crippen molar-refractivity contribution in [2.45, 2.75) is 30.8 Å². The molecule has 1 saturated heterocycles. The smallest absolute Gasteiger partial charge is 0.126 e. The van der Waals surface area contributed by atoms with Gasteiger partial charge < -0.3 is 9.53 Å². The Morgan fingerprint density at radius 2 is 1.64 bits per heavy atom. The molecule has 1 aliphatic carbocycles. The van der Waals surface area contributed by atoms with Crippen LogP contribution >= 0.6 is 0 Å². The molecule has 2 aromatic carbocycles. The Labute approximate surface area is 149 Å². The zero-order valence-electron chi connectivity index (χ0n) is 14.4. The molecule has 4 rings (SSSR count). The quantitative estimate of drug-likeness (QED) is 0.745. The maximum Gasteiger partial charge on any atom is 0.126 e. The minimum atomic E-state index is -0.0690. The normalized spacial score (nSPS) is 27.9. The average Bonchev–Trinajstić information content (AvgIpc) is 3.04. The number of ether oxygens (including phenoxy) is 1. The first kappa shape index (κ1) is 16.3. The van der Waals surface area contributed by atoms with Gasteiger partial charge in [0, 0.05) is 11.3 Å². The van der Waals surface area contributed by atoms with Gasteiger partial charge in [0.25, 0.3) is 0 Å². The van der Waals surface area contributed by atoms with E-state index in [4.69, 9.17) is 4.74 Å². The van der Waals surface area contributed by atoms with Crippen molar-refractivity contribution in [1.29, 1.82) is 0 Å². The SMILES string of the molecule is O=C[C@H]1[C@@H](/C=C/c2ccccc2)CO[C@@H]1C1(c2ccccc2)CCC1. The van der Waals surface area contributed by atoms with Crippen molar-refractivity contribution in [2.24, 2.45) is 11.8 Å². The van der Waals surface area contributed by atoms with Crippen LogP contribution in [0.4, 0.5) is 0 Å². The first-order valence-corrected chi connectivity index (χ1v) is 9.19. The van der Waals surface area contributed by atoms with E-state index in [-0.39, 0.29) is 23.4 Å². The number of carbonyl (C=O) groups is 1. The third-order valence-electron chi connectivity index (χ3n) is 5.94. The lowest BCUT2D eigenvalue weighted by atomic mass is 9.58. The maximum absolute atomic E-state index is 11.9. The largest absolute Gasteiger partial charge is 0.376 e. The van der Waals surface area contributed by atoms with Gasteiger partial charge >= 0.3 is 0 Å². The van der Waals surface area contributed by atoms with Crippen molar-refractivity contribution < 1.29 is 9.53 Å². The van der Waals surface area contributed by atoms with E-state index in [1.807, 2.05) is 24.3 Å². The van der Waals surface area contributed by atoms with E-state index in [0.29, 0.717) is 6.61 Å². The van der Waals surface area contributed by atoms with Gasteiger partial charge in [0.15, 0.2) is 0 Å². The highest BCUT2D eigenvalue weighted by atomic mass is 16.5. The summed E-state index contributed by atoms with van der Waals surface area (Å²) in [5, 5.41) is 0. The van der Waals surface area contributed by atoms with E-state index in [2.05, 4.69) is 48.6 Å². The summed E-state index contributed by atoms with van der Waals surface area (Å²) >= 11 is 0. The number of benzene rings is 2. The molecular formula is C23H24O2. The van der Waals surface area contributed by atoms with Gasteiger partial charge in [-0.1, -0.05) is 79.2 Å². The molecule has 1 aliphatic heterocycles. The van der Waals surface area contributed by atoms with Crippen LogP contribution < -0.4 is 0 Å². The molecule has 1 saturated carbocycles. The number of rotatable bonds is 5. The molecule has 0 aromatic heterocycles. The maximum atomic E-state index is 11.9. The lowest BCUT2D eigenvalue weighted by molar-refractivity contribution is -0.115. The van der Waals surface area contributed by atoms with E-state index in [0.717, 1.165) is 24.7 Å². The van der Waals surface area contributed by atoms with Crippen molar-refractivity contribution in [1.82, 2.24) is 0 Å². The van der Waals surface area contributed by atoms with Crippen LogP contribution in [0, 0.1) is 11.8 Å². The average molecular weight is 332 g/mol. The number of aldehydes is 1. The molecule has 2 fully saturated rings. The fraction of sp³-hybridized carbons (Fsp3) is 0.348. The van der Waals surface area contributed by atoms with Gasteiger partial charge in [-0.2, -0.15) is 0 Å². The summed E-state index contributed by atoms with van der Waals surface area (Å²) in [6, 6.07) is 20.9. The van der Waals surface area contributed by atoms with Gasteiger partial charge in [0.1, 0.15) is 6.29 Å². The fourth-order valence-corrected chi connectivity index (χ4v) is 4.41. The van der Waals surface area contributed by atoms with Gasteiger partial charge in [-0.25, -0.2) is 0 Å². The summed E-state index contributed by atoms with van der Waals surface area (Å²) in [5.41, 5.74) is 2.50. The van der Waals surface area contributed by atoms with E-state index in [1.165, 1.54) is 12.0 Å². The summed E-state index contributed by atoms with van der Waals surface area (Å²) in [4.78, 5) is 11.9. The van der Waals surface area contributed by atoms with E-state index in [1.54, 1.807) is 0 Å². The minimum absolute atomic E-state index is 0.00780. The second kappa shape index (κ2) is 6.97. The molecule has 2 nitrogen and oxygen atoms in total. The third kappa shape index (κ3) is 2.96. The Morgan fingerprint density at radius 1 is 0.960 bits per heavy atom. The molecule has 2 heteroatoms. The summed E-state index contributed by atoms with van der Waals surface area (Å²) in [7, 11) is 0. The summed E-state index contributed by atoms with van der Waals surface area (Å²) < 4.78 is 6.24. The molecule has 0 bridgehead atoms. The molecule has 2 aromatic rings. The van der Waals surface area contributed by atoms with Crippen LogP contribution in [0.1, 0.15) is 30.4 Å². The van der Waals surface area contributed by atoms with Crippen LogP contribution in [0.25, 0.3) is 6.08 Å². The van der Waals surface area contributed by atoms with E-state index in [9.17, 15) is 4.79 Å². The second-order valence-corrected chi connectivity index (χ2v) is 7.28. The molecule has 0 N–H and O–H groups in total. The van der Waals surface area contributed by atoms with Gasteiger partial charge in [-0.3, -0.25) is 0 Å². The van der Waals surface area contributed by atoms with Crippen LogP contribution in [0.5, 0.6) is 0 Å². The Kier molecular flexibility index (Phi) is 4.54.